The molecule has 0 saturated carbocycles. The second kappa shape index (κ2) is 6.02. The molecule has 0 aliphatic heterocycles. The van der Waals surface area contributed by atoms with E-state index in [-0.39, 0.29) is 6.61 Å². The number of aliphatic hydroxyl groups excluding tert-OH is 1. The van der Waals surface area contributed by atoms with Crippen LogP contribution in [0.15, 0.2) is 12.4 Å². The fraction of sp³-hybridized carbons (Fsp3) is 0.700. The highest BCUT2D eigenvalue weighted by molar-refractivity contribution is 4.91. The van der Waals surface area contributed by atoms with Gasteiger partial charge in [-0.05, 0) is 6.42 Å². The summed E-state index contributed by atoms with van der Waals surface area (Å²) >= 11 is 0. The molecule has 0 fully saturated rings. The van der Waals surface area contributed by atoms with Gasteiger partial charge < -0.3 is 14.4 Å². The maximum absolute atomic E-state index is 11.7. The lowest BCUT2D eigenvalue weighted by Gasteiger charge is -2.12. The summed E-state index contributed by atoms with van der Waals surface area (Å²) in [5.74, 6) is 0.778. The fourth-order valence-electron chi connectivity index (χ4n) is 1.33. The summed E-state index contributed by atoms with van der Waals surface area (Å²) in [5, 5.41) is 9.41. The lowest BCUT2D eigenvalue weighted by molar-refractivity contribution is -0.179. The van der Waals surface area contributed by atoms with Crippen LogP contribution in [0.2, 0.25) is 0 Å². The standard InChI is InChI=1S/C10H15F3N2O2/c1-15-5-4-14-9(15)3-2-8(16)6-17-7-10(11,12)13/h4-5,8,16H,2-3,6-7H2,1H3. The van der Waals surface area contributed by atoms with E-state index in [4.69, 9.17) is 0 Å². The normalized spacial score (nSPS) is 13.9. The van der Waals surface area contributed by atoms with E-state index < -0.39 is 18.9 Å². The fourth-order valence-corrected chi connectivity index (χ4v) is 1.33. The van der Waals surface area contributed by atoms with E-state index in [1.54, 1.807) is 17.0 Å². The second-order valence-electron chi connectivity index (χ2n) is 3.78. The van der Waals surface area contributed by atoms with Crippen molar-refractivity contribution in [2.45, 2.75) is 25.1 Å². The molecule has 0 aromatic carbocycles. The number of alkyl halides is 3. The van der Waals surface area contributed by atoms with Crippen molar-refractivity contribution < 1.29 is 23.0 Å². The van der Waals surface area contributed by atoms with Crippen LogP contribution in [-0.4, -0.2) is 40.2 Å². The molecule has 0 aliphatic carbocycles. The predicted molar refractivity (Wildman–Crippen MR) is 54.4 cm³/mol. The van der Waals surface area contributed by atoms with Crippen LogP contribution in [0.1, 0.15) is 12.2 Å². The van der Waals surface area contributed by atoms with Gasteiger partial charge in [0, 0.05) is 25.9 Å². The average molecular weight is 252 g/mol. The third kappa shape index (κ3) is 5.69. The molecule has 17 heavy (non-hydrogen) atoms. The smallest absolute Gasteiger partial charge is 0.391 e. The van der Waals surface area contributed by atoms with Crippen molar-refractivity contribution in [3.8, 4) is 0 Å². The van der Waals surface area contributed by atoms with Crippen LogP contribution in [0.25, 0.3) is 0 Å². The predicted octanol–water partition coefficient (Wildman–Crippen LogP) is 1.29. The topological polar surface area (TPSA) is 47.3 Å². The van der Waals surface area contributed by atoms with Gasteiger partial charge in [-0.1, -0.05) is 0 Å². The first-order valence-corrected chi connectivity index (χ1v) is 5.17. The Labute approximate surface area is 97.0 Å². The minimum absolute atomic E-state index is 0.316. The van der Waals surface area contributed by atoms with Crippen molar-refractivity contribution in [2.24, 2.45) is 7.05 Å². The van der Waals surface area contributed by atoms with Gasteiger partial charge in [-0.3, -0.25) is 0 Å². The number of aryl methyl sites for hydroxylation is 2. The molecule has 98 valence electrons. The minimum atomic E-state index is -4.35. The van der Waals surface area contributed by atoms with E-state index in [1.807, 2.05) is 7.05 Å². The highest BCUT2D eigenvalue weighted by Crippen LogP contribution is 2.14. The molecule has 1 rings (SSSR count). The van der Waals surface area contributed by atoms with Crippen LogP contribution in [0, 0.1) is 0 Å². The summed E-state index contributed by atoms with van der Waals surface area (Å²) in [6, 6.07) is 0. The molecule has 0 radical (unpaired) electrons. The number of ether oxygens (including phenoxy) is 1. The molecular formula is C10H15F3N2O2. The van der Waals surface area contributed by atoms with Gasteiger partial charge >= 0.3 is 6.18 Å². The van der Waals surface area contributed by atoms with Crippen LogP contribution in [0.5, 0.6) is 0 Å². The number of nitrogens with zero attached hydrogens (tertiary/aromatic N) is 2. The number of hydrogen-bond donors (Lipinski definition) is 1. The lowest BCUT2D eigenvalue weighted by Crippen LogP contribution is -2.23. The van der Waals surface area contributed by atoms with Crippen molar-refractivity contribution >= 4 is 0 Å². The van der Waals surface area contributed by atoms with Crippen molar-refractivity contribution in [1.82, 2.24) is 9.55 Å². The molecule has 1 N–H and O–H groups in total. The Hall–Kier alpha value is -1.08. The third-order valence-electron chi connectivity index (χ3n) is 2.20. The molecule has 0 amide bonds. The molecule has 1 aromatic heterocycles. The van der Waals surface area contributed by atoms with Crippen LogP contribution >= 0.6 is 0 Å². The van der Waals surface area contributed by atoms with Crippen LogP contribution in [0.3, 0.4) is 0 Å². The SMILES string of the molecule is Cn1ccnc1CCC(O)COCC(F)(F)F. The van der Waals surface area contributed by atoms with Crippen LogP contribution in [0.4, 0.5) is 13.2 Å². The van der Waals surface area contributed by atoms with Gasteiger partial charge in [-0.2, -0.15) is 13.2 Å². The van der Waals surface area contributed by atoms with Crippen molar-refractivity contribution in [2.75, 3.05) is 13.2 Å². The van der Waals surface area contributed by atoms with E-state index in [1.165, 1.54) is 0 Å². The Morgan fingerprint density at radius 2 is 2.24 bits per heavy atom. The highest BCUT2D eigenvalue weighted by Gasteiger charge is 2.27. The second-order valence-corrected chi connectivity index (χ2v) is 3.78. The maximum atomic E-state index is 11.7. The Morgan fingerprint density at radius 3 is 2.76 bits per heavy atom. The number of rotatable bonds is 6. The number of imidazole rings is 1. The van der Waals surface area contributed by atoms with Crippen molar-refractivity contribution in [3.05, 3.63) is 18.2 Å². The first kappa shape index (κ1) is 14.0. The van der Waals surface area contributed by atoms with E-state index in [9.17, 15) is 18.3 Å². The highest BCUT2D eigenvalue weighted by atomic mass is 19.4. The van der Waals surface area contributed by atoms with Gasteiger partial charge in [0.2, 0.25) is 0 Å². The molecule has 4 nitrogen and oxygen atoms in total. The van der Waals surface area contributed by atoms with E-state index in [0.29, 0.717) is 12.8 Å². The molecule has 0 spiro atoms. The van der Waals surface area contributed by atoms with E-state index in [0.717, 1.165) is 5.82 Å². The summed E-state index contributed by atoms with van der Waals surface area (Å²) < 4.78 is 41.4. The van der Waals surface area contributed by atoms with Gasteiger partial charge in [-0.15, -0.1) is 0 Å². The van der Waals surface area contributed by atoms with E-state index >= 15 is 0 Å². The van der Waals surface area contributed by atoms with Crippen LogP contribution < -0.4 is 0 Å². The summed E-state index contributed by atoms with van der Waals surface area (Å²) in [6.45, 7) is -1.64. The van der Waals surface area contributed by atoms with Gasteiger partial charge in [0.25, 0.3) is 0 Å². The number of hydrogen-bond acceptors (Lipinski definition) is 3. The molecular weight excluding hydrogens is 237 g/mol. The van der Waals surface area contributed by atoms with Gasteiger partial charge in [0.05, 0.1) is 12.7 Å². The molecule has 7 heteroatoms. The lowest BCUT2D eigenvalue weighted by atomic mass is 10.2. The first-order chi connectivity index (χ1) is 7.88. The Morgan fingerprint density at radius 1 is 1.53 bits per heavy atom. The molecule has 0 bridgehead atoms. The van der Waals surface area contributed by atoms with Crippen molar-refractivity contribution in [3.63, 3.8) is 0 Å². The zero-order chi connectivity index (χ0) is 12.9. The Bertz CT molecular complexity index is 339. The number of aliphatic hydroxyl groups is 1. The van der Waals surface area contributed by atoms with Crippen molar-refractivity contribution in [1.29, 1.82) is 0 Å². The average Bonchev–Trinajstić information content (AvgIpc) is 2.59. The first-order valence-electron chi connectivity index (χ1n) is 5.17. The largest absolute Gasteiger partial charge is 0.411 e. The van der Waals surface area contributed by atoms with Gasteiger partial charge in [0.15, 0.2) is 0 Å². The quantitative estimate of drug-likeness (QED) is 0.830. The summed E-state index contributed by atoms with van der Waals surface area (Å²) in [6.07, 6.45) is -1.04. The van der Waals surface area contributed by atoms with Gasteiger partial charge in [0.1, 0.15) is 12.4 Å². The molecule has 0 aliphatic rings. The molecule has 1 heterocycles. The zero-order valence-corrected chi connectivity index (χ0v) is 9.44. The summed E-state index contributed by atoms with van der Waals surface area (Å²) in [5.41, 5.74) is 0. The van der Waals surface area contributed by atoms with Gasteiger partial charge in [-0.25, -0.2) is 4.98 Å². The molecule has 1 aromatic rings. The Kier molecular flexibility index (Phi) is 4.95. The molecule has 0 saturated heterocycles. The van der Waals surface area contributed by atoms with E-state index in [2.05, 4.69) is 9.72 Å². The molecule has 1 atom stereocenters. The molecule has 1 unspecified atom stereocenters. The summed E-state index contributed by atoms with van der Waals surface area (Å²) in [4.78, 5) is 4.04. The summed E-state index contributed by atoms with van der Waals surface area (Å²) in [7, 11) is 1.81. The van der Waals surface area contributed by atoms with Crippen LogP contribution in [-0.2, 0) is 18.2 Å². The monoisotopic (exact) mass is 252 g/mol. The maximum Gasteiger partial charge on any atom is 0.411 e. The Balaban J connectivity index is 2.18. The minimum Gasteiger partial charge on any atom is -0.391 e. The zero-order valence-electron chi connectivity index (χ0n) is 9.44. The third-order valence-corrected chi connectivity index (χ3v) is 2.20. The number of aromatic nitrogens is 2. The number of halogens is 3.